The van der Waals surface area contributed by atoms with Gasteiger partial charge in [-0.1, -0.05) is 32.9 Å². The van der Waals surface area contributed by atoms with E-state index in [0.717, 1.165) is 5.56 Å². The van der Waals surface area contributed by atoms with Gasteiger partial charge >= 0.3 is 0 Å². The van der Waals surface area contributed by atoms with E-state index in [2.05, 4.69) is 0 Å². The number of rotatable bonds is 1. The van der Waals surface area contributed by atoms with Crippen molar-refractivity contribution in [2.24, 2.45) is 5.41 Å². The van der Waals surface area contributed by atoms with Gasteiger partial charge in [0.15, 0.2) is 0 Å². The first-order valence-corrected chi connectivity index (χ1v) is 5.08. The van der Waals surface area contributed by atoms with Crippen molar-refractivity contribution < 1.29 is 4.39 Å². The first kappa shape index (κ1) is 11.5. The van der Waals surface area contributed by atoms with Crippen molar-refractivity contribution in [1.82, 2.24) is 0 Å². The van der Waals surface area contributed by atoms with Crippen molar-refractivity contribution in [3.8, 4) is 0 Å². The molecule has 0 amide bonds. The van der Waals surface area contributed by atoms with Crippen LogP contribution in [0.2, 0.25) is 0 Å². The molecule has 1 unspecified atom stereocenters. The third-order valence-corrected chi connectivity index (χ3v) is 3.56. The molecule has 0 aromatic heterocycles. The molecule has 0 fully saturated rings. The molecule has 0 saturated carbocycles. The van der Waals surface area contributed by atoms with Crippen LogP contribution in [0.5, 0.6) is 0 Å². The Kier molecular flexibility index (Phi) is 2.91. The molecule has 0 aliphatic heterocycles. The van der Waals surface area contributed by atoms with Crippen LogP contribution in [-0.4, -0.2) is 0 Å². The van der Waals surface area contributed by atoms with E-state index in [9.17, 15) is 4.39 Å². The monoisotopic (exact) mass is 214 g/mol. The van der Waals surface area contributed by atoms with Gasteiger partial charge in [-0.05, 0) is 30.0 Å². The van der Waals surface area contributed by atoms with Crippen molar-refractivity contribution in [3.05, 3.63) is 35.6 Å². The molecule has 1 aromatic carbocycles. The van der Waals surface area contributed by atoms with E-state index < -0.39 is 4.87 Å². The lowest BCUT2D eigenvalue weighted by Crippen LogP contribution is -2.31. The van der Waals surface area contributed by atoms with Crippen LogP contribution < -0.4 is 0 Å². The van der Waals surface area contributed by atoms with Crippen LogP contribution in [0.4, 0.5) is 4.39 Å². The molecule has 0 spiro atoms. The quantitative estimate of drug-likeness (QED) is 0.611. The number of benzene rings is 1. The van der Waals surface area contributed by atoms with E-state index in [-0.39, 0.29) is 11.2 Å². The highest BCUT2D eigenvalue weighted by Gasteiger charge is 2.37. The second-order valence-corrected chi connectivity index (χ2v) is 5.52. The highest BCUT2D eigenvalue weighted by molar-refractivity contribution is 6.24. The fourth-order valence-electron chi connectivity index (χ4n) is 1.21. The first-order valence-electron chi connectivity index (χ1n) is 4.70. The lowest BCUT2D eigenvalue weighted by Gasteiger charge is -2.36. The number of alkyl halides is 1. The van der Waals surface area contributed by atoms with E-state index >= 15 is 0 Å². The number of halogens is 2. The topological polar surface area (TPSA) is 0 Å². The SMILES string of the molecule is CC(C)(C)C(C)(Cl)c1cccc(F)c1. The number of hydrogen-bond donors (Lipinski definition) is 0. The lowest BCUT2D eigenvalue weighted by atomic mass is 9.77. The molecule has 0 N–H and O–H groups in total. The lowest BCUT2D eigenvalue weighted by molar-refractivity contribution is 0.296. The molecule has 14 heavy (non-hydrogen) atoms. The van der Waals surface area contributed by atoms with Crippen LogP contribution in [-0.2, 0) is 4.87 Å². The standard InChI is InChI=1S/C12H16ClF/c1-11(2,3)12(4,13)9-6-5-7-10(14)8-9/h5-8H,1-4H3. The second kappa shape index (κ2) is 3.54. The van der Waals surface area contributed by atoms with Gasteiger partial charge in [0.25, 0.3) is 0 Å². The molecule has 1 rings (SSSR count). The summed E-state index contributed by atoms with van der Waals surface area (Å²) in [5.41, 5.74) is 0.717. The molecule has 0 heterocycles. The summed E-state index contributed by atoms with van der Waals surface area (Å²) in [6, 6.07) is 6.48. The highest BCUT2D eigenvalue weighted by Crippen LogP contribution is 2.44. The molecule has 0 aliphatic rings. The Morgan fingerprint density at radius 3 is 2.14 bits per heavy atom. The average molecular weight is 215 g/mol. The maximum Gasteiger partial charge on any atom is 0.123 e. The molecular weight excluding hydrogens is 199 g/mol. The van der Waals surface area contributed by atoms with Gasteiger partial charge in [-0.3, -0.25) is 0 Å². The molecule has 0 saturated heterocycles. The van der Waals surface area contributed by atoms with Gasteiger partial charge in [0.2, 0.25) is 0 Å². The largest absolute Gasteiger partial charge is 0.207 e. The van der Waals surface area contributed by atoms with Gasteiger partial charge in [-0.15, -0.1) is 11.6 Å². The first-order chi connectivity index (χ1) is 6.25. The van der Waals surface area contributed by atoms with E-state index in [0.29, 0.717) is 0 Å². The Morgan fingerprint density at radius 2 is 1.71 bits per heavy atom. The van der Waals surface area contributed by atoms with Crippen LogP contribution in [0.15, 0.2) is 24.3 Å². The molecule has 78 valence electrons. The summed E-state index contributed by atoms with van der Waals surface area (Å²) in [4.78, 5) is -0.547. The summed E-state index contributed by atoms with van der Waals surface area (Å²) >= 11 is 6.44. The second-order valence-electron chi connectivity index (χ2n) is 4.76. The zero-order valence-corrected chi connectivity index (χ0v) is 9.82. The maximum absolute atomic E-state index is 13.0. The van der Waals surface area contributed by atoms with Gasteiger partial charge < -0.3 is 0 Å². The summed E-state index contributed by atoms with van der Waals surface area (Å²) in [6.45, 7) is 8.06. The van der Waals surface area contributed by atoms with Gasteiger partial charge in [-0.25, -0.2) is 4.39 Å². The van der Waals surface area contributed by atoms with Crippen molar-refractivity contribution >= 4 is 11.6 Å². The summed E-state index contributed by atoms with van der Waals surface area (Å²) in [5, 5.41) is 0. The molecule has 1 atom stereocenters. The van der Waals surface area contributed by atoms with Gasteiger partial charge in [0, 0.05) is 0 Å². The maximum atomic E-state index is 13.0. The molecular formula is C12H16ClF. The summed E-state index contributed by atoms with van der Waals surface area (Å²) in [5.74, 6) is -0.237. The third-order valence-electron chi connectivity index (χ3n) is 2.78. The zero-order chi connectivity index (χ0) is 11.0. The summed E-state index contributed by atoms with van der Waals surface area (Å²) in [7, 11) is 0. The Bertz CT molecular complexity index is 323. The van der Waals surface area contributed by atoms with E-state index in [4.69, 9.17) is 11.6 Å². The predicted molar refractivity (Wildman–Crippen MR) is 59.1 cm³/mol. The Labute approximate surface area is 90.1 Å². The molecule has 0 aliphatic carbocycles. The van der Waals surface area contributed by atoms with E-state index in [1.165, 1.54) is 12.1 Å². The number of hydrogen-bond acceptors (Lipinski definition) is 0. The Hall–Kier alpha value is -0.560. The Morgan fingerprint density at radius 1 is 1.14 bits per heavy atom. The minimum absolute atomic E-state index is 0.109. The summed E-state index contributed by atoms with van der Waals surface area (Å²) in [6.07, 6.45) is 0. The molecule has 1 aromatic rings. The molecule has 0 bridgehead atoms. The zero-order valence-electron chi connectivity index (χ0n) is 9.07. The van der Waals surface area contributed by atoms with Gasteiger partial charge in [0.1, 0.15) is 5.82 Å². The fraction of sp³-hybridized carbons (Fsp3) is 0.500. The fourth-order valence-corrected chi connectivity index (χ4v) is 1.33. The van der Waals surface area contributed by atoms with E-state index in [1.54, 1.807) is 6.07 Å². The van der Waals surface area contributed by atoms with Crippen LogP contribution in [0.1, 0.15) is 33.3 Å². The van der Waals surface area contributed by atoms with Crippen molar-refractivity contribution in [2.45, 2.75) is 32.6 Å². The van der Waals surface area contributed by atoms with Crippen LogP contribution in [0.3, 0.4) is 0 Å². The average Bonchev–Trinajstić information content (AvgIpc) is 2.02. The van der Waals surface area contributed by atoms with Crippen molar-refractivity contribution in [3.63, 3.8) is 0 Å². The van der Waals surface area contributed by atoms with Crippen LogP contribution in [0, 0.1) is 11.2 Å². The minimum Gasteiger partial charge on any atom is -0.207 e. The van der Waals surface area contributed by atoms with Crippen molar-refractivity contribution in [2.75, 3.05) is 0 Å². The van der Waals surface area contributed by atoms with Crippen molar-refractivity contribution in [1.29, 1.82) is 0 Å². The summed E-state index contributed by atoms with van der Waals surface area (Å²) < 4.78 is 13.0. The van der Waals surface area contributed by atoms with Crippen LogP contribution in [0.25, 0.3) is 0 Å². The Balaban J connectivity index is 3.16. The van der Waals surface area contributed by atoms with Crippen LogP contribution >= 0.6 is 11.6 Å². The smallest absolute Gasteiger partial charge is 0.123 e. The normalized spacial score (nSPS) is 16.4. The minimum atomic E-state index is -0.547. The molecule has 2 heteroatoms. The van der Waals surface area contributed by atoms with E-state index in [1.807, 2.05) is 33.8 Å². The highest BCUT2D eigenvalue weighted by atomic mass is 35.5. The van der Waals surface area contributed by atoms with Gasteiger partial charge in [0.05, 0.1) is 4.87 Å². The third kappa shape index (κ3) is 2.09. The molecule has 0 nitrogen and oxygen atoms in total. The van der Waals surface area contributed by atoms with Gasteiger partial charge in [-0.2, -0.15) is 0 Å². The molecule has 0 radical (unpaired) electrons. The predicted octanol–water partition coefficient (Wildman–Crippen LogP) is 4.33.